The van der Waals surface area contributed by atoms with Gasteiger partial charge in [-0.15, -0.1) is 0 Å². The summed E-state index contributed by atoms with van der Waals surface area (Å²) in [5, 5.41) is 10.5. The van der Waals surface area contributed by atoms with Crippen LogP contribution in [0.25, 0.3) is 0 Å². The highest BCUT2D eigenvalue weighted by Crippen LogP contribution is 2.16. The summed E-state index contributed by atoms with van der Waals surface area (Å²) < 4.78 is 9.56. The maximum Gasteiger partial charge on any atom is 0.433 e. The molecule has 2 rings (SSSR count). The molecule has 0 unspecified atom stereocenters. The van der Waals surface area contributed by atoms with Gasteiger partial charge in [0.25, 0.3) is 5.91 Å². The Morgan fingerprint density at radius 1 is 1.12 bits per heavy atom. The molecule has 9 nitrogen and oxygen atoms in total. The van der Waals surface area contributed by atoms with Crippen molar-refractivity contribution in [1.82, 2.24) is 4.90 Å². The molecule has 0 fully saturated rings. The van der Waals surface area contributed by atoms with Crippen molar-refractivity contribution in [3.63, 3.8) is 0 Å². The number of nitro groups is 1. The first kappa shape index (κ1) is 19.0. The zero-order chi connectivity index (χ0) is 19.3. The van der Waals surface area contributed by atoms with Crippen molar-refractivity contribution in [3.8, 4) is 0 Å². The average Bonchev–Trinajstić information content (AvgIpc) is 3.10. The zero-order valence-electron chi connectivity index (χ0n) is 14.7. The van der Waals surface area contributed by atoms with E-state index in [0.29, 0.717) is 6.54 Å². The van der Waals surface area contributed by atoms with Crippen molar-refractivity contribution in [2.45, 2.75) is 6.54 Å². The van der Waals surface area contributed by atoms with Crippen molar-refractivity contribution in [1.29, 1.82) is 0 Å². The third-order valence-corrected chi connectivity index (χ3v) is 3.60. The van der Waals surface area contributed by atoms with Crippen LogP contribution in [-0.2, 0) is 16.1 Å². The number of rotatable bonds is 7. The zero-order valence-corrected chi connectivity index (χ0v) is 14.7. The normalized spacial score (nSPS) is 10.3. The summed E-state index contributed by atoms with van der Waals surface area (Å²) >= 11 is 0. The van der Waals surface area contributed by atoms with E-state index in [9.17, 15) is 19.7 Å². The molecule has 0 radical (unpaired) electrons. The quantitative estimate of drug-likeness (QED) is 0.422. The van der Waals surface area contributed by atoms with E-state index in [0.717, 1.165) is 23.4 Å². The average molecular weight is 361 g/mol. The molecule has 0 saturated heterocycles. The predicted molar refractivity (Wildman–Crippen MR) is 92.9 cm³/mol. The van der Waals surface area contributed by atoms with E-state index in [4.69, 9.17) is 9.15 Å². The Bertz CT molecular complexity index is 797. The maximum atomic E-state index is 12.1. The molecule has 0 aliphatic rings. The van der Waals surface area contributed by atoms with Gasteiger partial charge in [-0.2, -0.15) is 0 Å². The summed E-state index contributed by atoms with van der Waals surface area (Å²) in [6, 6.07) is 9.87. The van der Waals surface area contributed by atoms with E-state index >= 15 is 0 Å². The van der Waals surface area contributed by atoms with Gasteiger partial charge in [0.1, 0.15) is 4.92 Å². The Hall–Kier alpha value is -3.36. The summed E-state index contributed by atoms with van der Waals surface area (Å²) in [7, 11) is 5.47. The Balaban J connectivity index is 1.86. The lowest BCUT2D eigenvalue weighted by Crippen LogP contribution is -2.30. The van der Waals surface area contributed by atoms with Gasteiger partial charge < -0.3 is 19.0 Å². The maximum absolute atomic E-state index is 12.1. The Kier molecular flexibility index (Phi) is 5.94. The minimum Gasteiger partial charge on any atom is -0.450 e. The summed E-state index contributed by atoms with van der Waals surface area (Å²) in [5.74, 6) is -2.24. The molecule has 0 aliphatic carbocycles. The Labute approximate surface area is 149 Å². The topological polar surface area (TPSA) is 106 Å². The molecule has 2 aromatic rings. The van der Waals surface area contributed by atoms with Crippen LogP contribution in [0.1, 0.15) is 16.1 Å². The molecule has 0 saturated carbocycles. The molecule has 0 N–H and O–H groups in total. The van der Waals surface area contributed by atoms with E-state index in [1.807, 2.05) is 43.3 Å². The first-order valence-electron chi connectivity index (χ1n) is 7.69. The van der Waals surface area contributed by atoms with Gasteiger partial charge in [-0.1, -0.05) is 12.1 Å². The van der Waals surface area contributed by atoms with E-state index in [-0.39, 0.29) is 5.76 Å². The monoisotopic (exact) mass is 361 g/mol. The fourth-order valence-corrected chi connectivity index (χ4v) is 2.11. The van der Waals surface area contributed by atoms with Crippen LogP contribution in [0, 0.1) is 10.1 Å². The van der Waals surface area contributed by atoms with Crippen molar-refractivity contribution >= 4 is 23.4 Å². The van der Waals surface area contributed by atoms with Crippen LogP contribution in [0.15, 0.2) is 40.8 Å². The summed E-state index contributed by atoms with van der Waals surface area (Å²) in [6.45, 7) is -0.129. The van der Waals surface area contributed by atoms with E-state index < -0.39 is 29.3 Å². The van der Waals surface area contributed by atoms with Gasteiger partial charge in [0, 0.05) is 33.4 Å². The highest BCUT2D eigenvalue weighted by Gasteiger charge is 2.20. The van der Waals surface area contributed by atoms with Gasteiger partial charge in [-0.05, 0) is 23.8 Å². The molecular weight excluding hydrogens is 342 g/mol. The number of esters is 1. The number of amides is 1. The molecular formula is C17H19N3O6. The predicted octanol–water partition coefficient (Wildman–Crippen LogP) is 2.07. The van der Waals surface area contributed by atoms with Crippen molar-refractivity contribution in [2.24, 2.45) is 0 Å². The number of furan rings is 1. The van der Waals surface area contributed by atoms with E-state index in [2.05, 4.69) is 0 Å². The standard InChI is InChI=1S/C17H19N3O6/c1-18(2)13-6-4-12(5-7-13)10-19(3)15(21)11-25-17(22)14-8-9-16(26-14)20(23)24/h4-9H,10-11H2,1-3H3. The molecule has 1 aromatic heterocycles. The molecule has 0 spiro atoms. The lowest BCUT2D eigenvalue weighted by Gasteiger charge is -2.18. The van der Waals surface area contributed by atoms with Crippen LogP contribution >= 0.6 is 0 Å². The fraction of sp³-hybridized carbons (Fsp3) is 0.294. The SMILES string of the molecule is CN(Cc1ccc(N(C)C)cc1)C(=O)COC(=O)c1ccc([N+](=O)[O-])o1. The highest BCUT2D eigenvalue weighted by molar-refractivity contribution is 5.89. The lowest BCUT2D eigenvalue weighted by molar-refractivity contribution is -0.402. The molecule has 1 aromatic carbocycles. The van der Waals surface area contributed by atoms with Crippen LogP contribution in [-0.4, -0.2) is 49.4 Å². The van der Waals surface area contributed by atoms with E-state index in [1.165, 1.54) is 4.90 Å². The second-order valence-corrected chi connectivity index (χ2v) is 5.78. The Morgan fingerprint density at radius 3 is 2.31 bits per heavy atom. The number of ether oxygens (including phenoxy) is 1. The number of benzene rings is 1. The van der Waals surface area contributed by atoms with Gasteiger partial charge in [0.05, 0.1) is 6.07 Å². The van der Waals surface area contributed by atoms with Crippen LogP contribution in [0.4, 0.5) is 11.6 Å². The number of anilines is 1. The summed E-state index contributed by atoms with van der Waals surface area (Å²) in [4.78, 5) is 37.0. The lowest BCUT2D eigenvalue weighted by atomic mass is 10.2. The molecule has 0 aliphatic heterocycles. The Morgan fingerprint density at radius 2 is 1.77 bits per heavy atom. The van der Waals surface area contributed by atoms with Crippen molar-refractivity contribution < 1.29 is 23.7 Å². The highest BCUT2D eigenvalue weighted by atomic mass is 16.7. The van der Waals surface area contributed by atoms with Crippen LogP contribution in [0.5, 0.6) is 0 Å². The number of carbonyl (C=O) groups excluding carboxylic acids is 2. The van der Waals surface area contributed by atoms with Crippen LogP contribution in [0.3, 0.4) is 0 Å². The molecule has 1 heterocycles. The second kappa shape index (κ2) is 8.15. The van der Waals surface area contributed by atoms with Gasteiger partial charge >= 0.3 is 11.9 Å². The number of hydrogen-bond acceptors (Lipinski definition) is 7. The first-order valence-corrected chi connectivity index (χ1v) is 7.69. The molecule has 138 valence electrons. The molecule has 0 bridgehead atoms. The molecule has 0 atom stereocenters. The molecule has 1 amide bonds. The number of carbonyl (C=O) groups is 2. The fourth-order valence-electron chi connectivity index (χ4n) is 2.11. The minimum atomic E-state index is -0.935. The van der Waals surface area contributed by atoms with Crippen LogP contribution < -0.4 is 4.90 Å². The smallest absolute Gasteiger partial charge is 0.433 e. The number of hydrogen-bond donors (Lipinski definition) is 0. The number of nitrogens with zero attached hydrogens (tertiary/aromatic N) is 3. The van der Waals surface area contributed by atoms with Crippen molar-refractivity contribution in [3.05, 3.63) is 57.8 Å². The summed E-state index contributed by atoms with van der Waals surface area (Å²) in [5.41, 5.74) is 1.98. The largest absolute Gasteiger partial charge is 0.450 e. The first-order chi connectivity index (χ1) is 12.3. The molecule has 9 heteroatoms. The molecule has 26 heavy (non-hydrogen) atoms. The van der Waals surface area contributed by atoms with Crippen LogP contribution in [0.2, 0.25) is 0 Å². The third-order valence-electron chi connectivity index (χ3n) is 3.60. The van der Waals surface area contributed by atoms with E-state index in [1.54, 1.807) is 7.05 Å². The number of likely N-dealkylation sites (N-methyl/N-ethyl adjacent to an activating group) is 1. The van der Waals surface area contributed by atoms with Gasteiger partial charge in [-0.25, -0.2) is 4.79 Å². The summed E-state index contributed by atoms with van der Waals surface area (Å²) in [6.07, 6.45) is 0. The second-order valence-electron chi connectivity index (χ2n) is 5.78. The van der Waals surface area contributed by atoms with Gasteiger partial charge in [0.2, 0.25) is 5.76 Å². The van der Waals surface area contributed by atoms with Crippen molar-refractivity contribution in [2.75, 3.05) is 32.6 Å². The minimum absolute atomic E-state index is 0.327. The van der Waals surface area contributed by atoms with Gasteiger partial charge in [-0.3, -0.25) is 14.9 Å². The third kappa shape index (κ3) is 4.82. The van der Waals surface area contributed by atoms with Gasteiger partial charge in [0.15, 0.2) is 6.61 Å².